The summed E-state index contributed by atoms with van der Waals surface area (Å²) in [5, 5.41) is 0. The third-order valence-electron chi connectivity index (χ3n) is 2.31. The summed E-state index contributed by atoms with van der Waals surface area (Å²) in [6.07, 6.45) is 2.61. The molecule has 0 atom stereocenters. The van der Waals surface area contributed by atoms with E-state index < -0.39 is 0 Å². The van der Waals surface area contributed by atoms with Gasteiger partial charge in [0, 0.05) is 4.47 Å². The van der Waals surface area contributed by atoms with Gasteiger partial charge >= 0.3 is 0 Å². The Morgan fingerprint density at radius 2 is 1.75 bits per heavy atom. The minimum atomic E-state index is 1.15. The number of benzene rings is 1. The van der Waals surface area contributed by atoms with E-state index in [1.807, 2.05) is 0 Å². The molecule has 0 radical (unpaired) electrons. The topological polar surface area (TPSA) is 0 Å². The second-order valence-corrected chi connectivity index (χ2v) is 4.15. The molecule has 1 heteroatoms. The average Bonchev–Trinajstić information content (AvgIpc) is 2.87. The fourth-order valence-electron chi connectivity index (χ4n) is 1.34. The number of rotatable bonds is 1. The largest absolute Gasteiger partial charge is 0.0661 e. The lowest BCUT2D eigenvalue weighted by Gasteiger charge is -2.00. The van der Waals surface area contributed by atoms with E-state index in [1.54, 1.807) is 5.57 Å². The normalized spacial score (nSPS) is 14.7. The first-order valence-corrected chi connectivity index (χ1v) is 5.01. The molecule has 0 heterocycles. The van der Waals surface area contributed by atoms with Gasteiger partial charge < -0.3 is 0 Å². The van der Waals surface area contributed by atoms with Gasteiger partial charge in [0.2, 0.25) is 0 Å². The van der Waals surface area contributed by atoms with Crippen molar-refractivity contribution in [1.82, 2.24) is 0 Å². The number of allylic oxidation sites excluding steroid dienone is 2. The molecular weight excluding hydrogens is 212 g/mol. The van der Waals surface area contributed by atoms with E-state index in [0.29, 0.717) is 0 Å². The molecule has 0 amide bonds. The molecule has 2 rings (SSSR count). The number of hydrogen-bond donors (Lipinski definition) is 0. The zero-order valence-corrected chi connectivity index (χ0v) is 8.69. The Balaban J connectivity index is 2.35. The van der Waals surface area contributed by atoms with Crippen molar-refractivity contribution >= 4 is 21.5 Å². The van der Waals surface area contributed by atoms with Gasteiger partial charge in [-0.15, -0.1) is 0 Å². The lowest BCUT2D eigenvalue weighted by molar-refractivity contribution is 1.50. The van der Waals surface area contributed by atoms with Crippen LogP contribution in [0.15, 0.2) is 34.3 Å². The summed E-state index contributed by atoms with van der Waals surface area (Å²) >= 11 is 3.43. The molecule has 0 saturated heterocycles. The van der Waals surface area contributed by atoms with E-state index >= 15 is 0 Å². The summed E-state index contributed by atoms with van der Waals surface area (Å²) in [6, 6.07) is 8.54. The van der Waals surface area contributed by atoms with Gasteiger partial charge in [-0.05, 0) is 43.0 Å². The molecule has 0 aliphatic heterocycles. The lowest BCUT2D eigenvalue weighted by Crippen LogP contribution is -1.77. The minimum Gasteiger partial charge on any atom is -0.0661 e. The van der Waals surface area contributed by atoms with Gasteiger partial charge in [0.15, 0.2) is 0 Å². The number of halogens is 1. The SMILES string of the molecule is CC(=C1CC1)c1ccc(Br)cc1. The molecule has 0 bridgehead atoms. The van der Waals surface area contributed by atoms with Crippen LogP contribution >= 0.6 is 15.9 Å². The monoisotopic (exact) mass is 222 g/mol. The fraction of sp³-hybridized carbons (Fsp3) is 0.273. The molecule has 1 aliphatic rings. The first kappa shape index (κ1) is 8.06. The fourth-order valence-corrected chi connectivity index (χ4v) is 1.61. The Labute approximate surface area is 81.4 Å². The average molecular weight is 223 g/mol. The highest BCUT2D eigenvalue weighted by molar-refractivity contribution is 9.10. The third-order valence-corrected chi connectivity index (χ3v) is 2.84. The lowest BCUT2D eigenvalue weighted by atomic mass is 10.1. The zero-order valence-electron chi connectivity index (χ0n) is 7.10. The smallest absolute Gasteiger partial charge is 0.0175 e. The van der Waals surface area contributed by atoms with Gasteiger partial charge in [-0.25, -0.2) is 0 Å². The number of hydrogen-bond acceptors (Lipinski definition) is 0. The molecule has 1 aromatic rings. The molecule has 62 valence electrons. The Morgan fingerprint density at radius 3 is 2.25 bits per heavy atom. The zero-order chi connectivity index (χ0) is 8.55. The van der Waals surface area contributed by atoms with Crippen molar-refractivity contribution in [3.63, 3.8) is 0 Å². The van der Waals surface area contributed by atoms with Crippen LogP contribution in [0.2, 0.25) is 0 Å². The molecule has 0 aromatic heterocycles. The molecule has 0 nitrogen and oxygen atoms in total. The van der Waals surface area contributed by atoms with Crippen LogP contribution in [-0.4, -0.2) is 0 Å². The molecule has 0 N–H and O–H groups in total. The summed E-state index contributed by atoms with van der Waals surface area (Å²) in [7, 11) is 0. The van der Waals surface area contributed by atoms with Gasteiger partial charge in [-0.2, -0.15) is 0 Å². The van der Waals surface area contributed by atoms with E-state index in [0.717, 1.165) is 4.47 Å². The second kappa shape index (κ2) is 3.06. The predicted molar refractivity (Wildman–Crippen MR) is 56.0 cm³/mol. The Morgan fingerprint density at radius 1 is 1.17 bits per heavy atom. The van der Waals surface area contributed by atoms with Crippen molar-refractivity contribution in [1.29, 1.82) is 0 Å². The summed E-state index contributed by atoms with van der Waals surface area (Å²) in [5.41, 5.74) is 4.46. The first-order valence-electron chi connectivity index (χ1n) is 4.22. The maximum absolute atomic E-state index is 3.43. The van der Waals surface area contributed by atoms with Crippen molar-refractivity contribution in [2.75, 3.05) is 0 Å². The van der Waals surface area contributed by atoms with E-state index in [1.165, 1.54) is 24.0 Å². The molecule has 1 aliphatic carbocycles. The molecule has 0 unspecified atom stereocenters. The van der Waals surface area contributed by atoms with Crippen molar-refractivity contribution in [3.8, 4) is 0 Å². The molecule has 0 spiro atoms. The van der Waals surface area contributed by atoms with Crippen LogP contribution in [0.1, 0.15) is 25.3 Å². The van der Waals surface area contributed by atoms with Crippen LogP contribution < -0.4 is 0 Å². The van der Waals surface area contributed by atoms with Crippen LogP contribution in [-0.2, 0) is 0 Å². The Hall–Kier alpha value is -0.560. The van der Waals surface area contributed by atoms with Crippen molar-refractivity contribution < 1.29 is 0 Å². The highest BCUT2D eigenvalue weighted by atomic mass is 79.9. The Bertz CT molecular complexity index is 313. The first-order chi connectivity index (χ1) is 5.77. The minimum absolute atomic E-state index is 1.15. The maximum Gasteiger partial charge on any atom is 0.0175 e. The van der Waals surface area contributed by atoms with Gasteiger partial charge in [0.25, 0.3) is 0 Å². The molecule has 1 saturated carbocycles. The quantitative estimate of drug-likeness (QED) is 0.674. The van der Waals surface area contributed by atoms with Crippen LogP contribution in [0.5, 0.6) is 0 Å². The highest BCUT2D eigenvalue weighted by Gasteiger charge is 2.15. The maximum atomic E-state index is 3.43. The van der Waals surface area contributed by atoms with Crippen molar-refractivity contribution in [2.24, 2.45) is 0 Å². The summed E-state index contributed by atoms with van der Waals surface area (Å²) in [5.74, 6) is 0. The van der Waals surface area contributed by atoms with Crippen LogP contribution in [0.3, 0.4) is 0 Å². The van der Waals surface area contributed by atoms with E-state index in [2.05, 4.69) is 47.1 Å². The summed E-state index contributed by atoms with van der Waals surface area (Å²) in [4.78, 5) is 0. The van der Waals surface area contributed by atoms with E-state index in [4.69, 9.17) is 0 Å². The van der Waals surface area contributed by atoms with Gasteiger partial charge in [0.1, 0.15) is 0 Å². The predicted octanol–water partition coefficient (Wildman–Crippen LogP) is 4.02. The van der Waals surface area contributed by atoms with E-state index in [9.17, 15) is 0 Å². The van der Waals surface area contributed by atoms with Gasteiger partial charge in [-0.1, -0.05) is 33.6 Å². The van der Waals surface area contributed by atoms with Crippen LogP contribution in [0.4, 0.5) is 0 Å². The van der Waals surface area contributed by atoms with E-state index in [-0.39, 0.29) is 0 Å². The highest BCUT2D eigenvalue weighted by Crippen LogP contribution is 2.36. The Kier molecular flexibility index (Phi) is 2.05. The summed E-state index contributed by atoms with van der Waals surface area (Å²) in [6.45, 7) is 2.21. The van der Waals surface area contributed by atoms with Crippen molar-refractivity contribution in [3.05, 3.63) is 39.9 Å². The van der Waals surface area contributed by atoms with Crippen molar-refractivity contribution in [2.45, 2.75) is 19.8 Å². The molecule has 12 heavy (non-hydrogen) atoms. The standard InChI is InChI=1S/C11H11Br/c1-8(9-2-3-9)10-4-6-11(12)7-5-10/h4-7H,2-3H2,1H3. The molecule has 1 aromatic carbocycles. The van der Waals surface area contributed by atoms with Gasteiger partial charge in [-0.3, -0.25) is 0 Å². The van der Waals surface area contributed by atoms with Crippen LogP contribution in [0.25, 0.3) is 5.57 Å². The molecular formula is C11H11Br. The third kappa shape index (κ3) is 1.61. The second-order valence-electron chi connectivity index (χ2n) is 3.24. The van der Waals surface area contributed by atoms with Gasteiger partial charge in [0.05, 0.1) is 0 Å². The molecule has 1 fully saturated rings. The van der Waals surface area contributed by atoms with Crippen LogP contribution in [0, 0.1) is 0 Å². The summed E-state index contributed by atoms with van der Waals surface area (Å²) < 4.78 is 1.15.